The van der Waals surface area contributed by atoms with Gasteiger partial charge in [0.2, 0.25) is 0 Å². The third-order valence-corrected chi connectivity index (χ3v) is 6.53. The number of urea groups is 1. The molecule has 0 spiro atoms. The Labute approximate surface area is 200 Å². The number of hydrogen-bond acceptors (Lipinski definition) is 2. The average Bonchev–Trinajstić information content (AvgIpc) is 3.28. The third kappa shape index (κ3) is 3.94. The van der Waals surface area contributed by atoms with Crippen molar-refractivity contribution in [1.82, 2.24) is 9.47 Å². The van der Waals surface area contributed by atoms with E-state index >= 15 is 0 Å². The van der Waals surface area contributed by atoms with Gasteiger partial charge in [-0.25, -0.2) is 4.79 Å². The SMILES string of the molecule is CCc1ccc([C@@H]2c3cccn3-c3ccccc3CN2C(=O)Nc2cc(C)ccc2OC)cc1. The van der Waals surface area contributed by atoms with Gasteiger partial charge in [-0.15, -0.1) is 0 Å². The lowest BCUT2D eigenvalue weighted by atomic mass is 10.00. The molecule has 1 atom stereocenters. The second-order valence-corrected chi connectivity index (χ2v) is 8.69. The Kier molecular flexibility index (Phi) is 5.84. The molecule has 3 aromatic carbocycles. The van der Waals surface area contributed by atoms with Crippen LogP contribution < -0.4 is 10.1 Å². The summed E-state index contributed by atoms with van der Waals surface area (Å²) in [5.41, 5.74) is 7.33. The quantitative estimate of drug-likeness (QED) is 0.385. The summed E-state index contributed by atoms with van der Waals surface area (Å²) in [5, 5.41) is 3.13. The van der Waals surface area contributed by atoms with E-state index in [-0.39, 0.29) is 12.1 Å². The number of ether oxygens (including phenoxy) is 1. The molecule has 1 aliphatic rings. The van der Waals surface area contributed by atoms with Gasteiger partial charge >= 0.3 is 6.03 Å². The van der Waals surface area contributed by atoms with Crippen LogP contribution in [0.5, 0.6) is 5.75 Å². The van der Waals surface area contributed by atoms with E-state index in [1.165, 1.54) is 5.56 Å². The Morgan fingerprint density at radius 1 is 1.03 bits per heavy atom. The summed E-state index contributed by atoms with van der Waals surface area (Å²) in [6, 6.07) is 26.4. The fraction of sp³-hybridized carbons (Fsp3) is 0.207. The molecular weight excluding hydrogens is 422 g/mol. The van der Waals surface area contributed by atoms with Gasteiger partial charge in [-0.3, -0.25) is 0 Å². The molecule has 5 nitrogen and oxygen atoms in total. The molecule has 0 unspecified atom stereocenters. The predicted molar refractivity (Wildman–Crippen MR) is 136 cm³/mol. The Bertz CT molecular complexity index is 1320. The van der Waals surface area contributed by atoms with E-state index in [2.05, 4.69) is 65.5 Å². The number of amides is 2. The lowest BCUT2D eigenvalue weighted by Crippen LogP contribution is -2.38. The zero-order chi connectivity index (χ0) is 23.7. The second kappa shape index (κ2) is 9.10. The van der Waals surface area contributed by atoms with E-state index in [9.17, 15) is 4.79 Å². The molecule has 0 saturated carbocycles. The normalized spacial score (nSPS) is 14.7. The number of aromatic nitrogens is 1. The van der Waals surface area contributed by atoms with Crippen LogP contribution in [0.15, 0.2) is 85.1 Å². The Morgan fingerprint density at radius 2 is 1.82 bits per heavy atom. The summed E-state index contributed by atoms with van der Waals surface area (Å²) < 4.78 is 7.72. The van der Waals surface area contributed by atoms with Crippen molar-refractivity contribution in [3.05, 3.63) is 113 Å². The summed E-state index contributed by atoms with van der Waals surface area (Å²) in [5.74, 6) is 0.640. The van der Waals surface area contributed by atoms with Crippen molar-refractivity contribution >= 4 is 11.7 Å². The summed E-state index contributed by atoms with van der Waals surface area (Å²) in [7, 11) is 1.62. The Hall–Kier alpha value is -3.99. The first-order valence-corrected chi connectivity index (χ1v) is 11.7. The molecule has 0 saturated heterocycles. The first kappa shape index (κ1) is 21.8. The molecule has 0 bridgehead atoms. The zero-order valence-corrected chi connectivity index (χ0v) is 19.8. The predicted octanol–water partition coefficient (Wildman–Crippen LogP) is 6.49. The average molecular weight is 452 g/mol. The molecule has 2 amide bonds. The minimum atomic E-state index is -0.246. The fourth-order valence-electron chi connectivity index (χ4n) is 4.73. The standard InChI is InChI=1S/C29H29N3O2/c1-4-21-12-14-22(15-13-21)28-26-10-7-17-31(26)25-9-6-5-8-23(25)19-32(28)29(33)30-24-18-20(2)11-16-27(24)34-3/h5-18,28H,4,19H2,1-3H3,(H,30,33)/t28-/m1/s1. The number of methoxy groups -OCH3 is 1. The lowest BCUT2D eigenvalue weighted by Gasteiger charge is -2.31. The maximum absolute atomic E-state index is 13.9. The van der Waals surface area contributed by atoms with Crippen molar-refractivity contribution in [3.8, 4) is 11.4 Å². The second-order valence-electron chi connectivity index (χ2n) is 8.69. The Morgan fingerprint density at radius 3 is 2.59 bits per heavy atom. The number of para-hydroxylation sites is 1. The fourth-order valence-corrected chi connectivity index (χ4v) is 4.73. The van der Waals surface area contributed by atoms with Gasteiger partial charge in [0.25, 0.3) is 0 Å². The van der Waals surface area contributed by atoms with Crippen molar-refractivity contribution in [2.75, 3.05) is 12.4 Å². The van der Waals surface area contributed by atoms with Crippen LogP contribution in [0, 0.1) is 6.92 Å². The largest absolute Gasteiger partial charge is 0.495 e. The van der Waals surface area contributed by atoms with Gasteiger partial charge in [0.1, 0.15) is 5.75 Å². The molecule has 0 fully saturated rings. The van der Waals surface area contributed by atoms with E-state index in [4.69, 9.17) is 4.74 Å². The molecule has 34 heavy (non-hydrogen) atoms. The highest BCUT2D eigenvalue weighted by atomic mass is 16.5. The molecule has 1 aromatic heterocycles. The van der Waals surface area contributed by atoms with E-state index < -0.39 is 0 Å². The number of carbonyl (C=O) groups is 1. The van der Waals surface area contributed by atoms with E-state index in [1.54, 1.807) is 7.11 Å². The van der Waals surface area contributed by atoms with Crippen LogP contribution in [0.3, 0.4) is 0 Å². The monoisotopic (exact) mass is 451 g/mol. The number of aryl methyl sites for hydroxylation is 2. The topological polar surface area (TPSA) is 46.5 Å². The van der Waals surface area contributed by atoms with Crippen LogP contribution in [0.1, 0.15) is 40.9 Å². The van der Waals surface area contributed by atoms with E-state index in [0.717, 1.165) is 34.5 Å². The summed E-state index contributed by atoms with van der Waals surface area (Å²) in [6.07, 6.45) is 3.05. The first-order valence-electron chi connectivity index (χ1n) is 11.7. The van der Waals surface area contributed by atoms with Crippen LogP contribution in [0.25, 0.3) is 5.69 Å². The van der Waals surface area contributed by atoms with Gasteiger partial charge in [-0.05, 0) is 65.9 Å². The van der Waals surface area contributed by atoms with Crippen LogP contribution in [-0.4, -0.2) is 22.6 Å². The number of fused-ring (bicyclic) bond motifs is 3. The zero-order valence-electron chi connectivity index (χ0n) is 19.8. The molecule has 4 aromatic rings. The highest BCUT2D eigenvalue weighted by Gasteiger charge is 2.33. The van der Waals surface area contributed by atoms with Gasteiger partial charge < -0.3 is 19.5 Å². The molecule has 2 heterocycles. The first-order chi connectivity index (χ1) is 16.6. The number of nitrogens with one attached hydrogen (secondary N) is 1. The van der Waals surface area contributed by atoms with Crippen molar-refractivity contribution in [3.63, 3.8) is 0 Å². The number of hydrogen-bond donors (Lipinski definition) is 1. The van der Waals surface area contributed by atoms with Crippen LogP contribution in [0.2, 0.25) is 0 Å². The van der Waals surface area contributed by atoms with E-state index in [1.807, 2.05) is 48.2 Å². The minimum absolute atomic E-state index is 0.169. The number of nitrogens with zero attached hydrogens (tertiary/aromatic N) is 2. The molecular formula is C29H29N3O2. The molecule has 1 N–H and O–H groups in total. The van der Waals surface area contributed by atoms with Crippen molar-refractivity contribution in [1.29, 1.82) is 0 Å². The van der Waals surface area contributed by atoms with E-state index in [0.29, 0.717) is 18.0 Å². The molecule has 0 radical (unpaired) electrons. The maximum Gasteiger partial charge on any atom is 0.323 e. The van der Waals surface area contributed by atoms with Gasteiger partial charge in [-0.1, -0.05) is 55.5 Å². The van der Waals surface area contributed by atoms with Gasteiger partial charge in [0.15, 0.2) is 0 Å². The number of rotatable bonds is 4. The summed E-state index contributed by atoms with van der Waals surface area (Å²) >= 11 is 0. The van der Waals surface area contributed by atoms with Gasteiger partial charge in [0.05, 0.1) is 31.1 Å². The van der Waals surface area contributed by atoms with Crippen molar-refractivity contribution < 1.29 is 9.53 Å². The van der Waals surface area contributed by atoms with Crippen LogP contribution >= 0.6 is 0 Å². The highest BCUT2D eigenvalue weighted by Crippen LogP contribution is 2.37. The number of carbonyl (C=O) groups excluding carboxylic acids is 1. The van der Waals surface area contributed by atoms with Crippen molar-refractivity contribution in [2.24, 2.45) is 0 Å². The van der Waals surface area contributed by atoms with Crippen molar-refractivity contribution in [2.45, 2.75) is 32.9 Å². The Balaban J connectivity index is 1.62. The highest BCUT2D eigenvalue weighted by molar-refractivity contribution is 5.92. The molecule has 5 rings (SSSR count). The van der Waals surface area contributed by atoms with Crippen LogP contribution in [-0.2, 0) is 13.0 Å². The van der Waals surface area contributed by atoms with Gasteiger partial charge in [0, 0.05) is 11.9 Å². The molecule has 172 valence electrons. The smallest absolute Gasteiger partial charge is 0.323 e. The molecule has 5 heteroatoms. The maximum atomic E-state index is 13.9. The third-order valence-electron chi connectivity index (χ3n) is 6.53. The minimum Gasteiger partial charge on any atom is -0.495 e. The summed E-state index contributed by atoms with van der Waals surface area (Å²) in [6.45, 7) is 4.64. The number of anilines is 1. The molecule has 0 aliphatic carbocycles. The van der Waals surface area contributed by atoms with Gasteiger partial charge in [-0.2, -0.15) is 0 Å². The summed E-state index contributed by atoms with van der Waals surface area (Å²) in [4.78, 5) is 15.8. The lowest BCUT2D eigenvalue weighted by molar-refractivity contribution is 0.194. The molecule has 1 aliphatic heterocycles. The number of benzene rings is 3. The van der Waals surface area contributed by atoms with Crippen LogP contribution in [0.4, 0.5) is 10.5 Å².